The van der Waals surface area contributed by atoms with Gasteiger partial charge in [0.05, 0.1) is 0 Å². The zero-order chi connectivity index (χ0) is 22.6. The fraction of sp³-hybridized carbons (Fsp3) is 0.440. The molecule has 8 heteroatoms. The second-order valence-corrected chi connectivity index (χ2v) is 8.81. The maximum absolute atomic E-state index is 12.8. The highest BCUT2D eigenvalue weighted by Gasteiger charge is 2.31. The number of rotatable bonds is 4. The largest absolute Gasteiger partial charge is 0.454 e. The van der Waals surface area contributed by atoms with E-state index in [9.17, 15) is 9.59 Å². The van der Waals surface area contributed by atoms with Crippen molar-refractivity contribution in [3.05, 3.63) is 59.7 Å². The molecule has 2 aromatic carbocycles. The van der Waals surface area contributed by atoms with Crippen molar-refractivity contribution in [1.82, 2.24) is 19.6 Å². The summed E-state index contributed by atoms with van der Waals surface area (Å²) in [6, 6.07) is 16.3. The second kappa shape index (κ2) is 9.80. The van der Waals surface area contributed by atoms with E-state index in [2.05, 4.69) is 21.9 Å². The Hall–Kier alpha value is -3.10. The average molecular weight is 451 g/mol. The Morgan fingerprint density at radius 3 is 1.79 bits per heavy atom. The lowest BCUT2D eigenvalue weighted by Crippen LogP contribution is -2.56. The lowest BCUT2D eigenvalue weighted by Gasteiger charge is -2.37. The van der Waals surface area contributed by atoms with Gasteiger partial charge in [0.1, 0.15) is 0 Å². The number of ether oxygens (including phenoxy) is 2. The highest BCUT2D eigenvalue weighted by molar-refractivity contribution is 6.34. The molecule has 3 aliphatic heterocycles. The summed E-state index contributed by atoms with van der Waals surface area (Å²) < 4.78 is 10.8. The molecule has 2 amide bonds. The van der Waals surface area contributed by atoms with Gasteiger partial charge in [0.2, 0.25) is 6.79 Å². The second-order valence-electron chi connectivity index (χ2n) is 8.81. The Morgan fingerprint density at radius 2 is 1.18 bits per heavy atom. The standard InChI is InChI=1S/C25H30N4O4/c30-24(28-12-8-26(9-13-28)17-20-4-2-1-3-5-20)25(31)29-14-10-27(11-15-29)18-21-6-7-22-23(16-21)33-19-32-22/h1-7,16H,8-15,17-19H2. The summed E-state index contributed by atoms with van der Waals surface area (Å²) in [6.07, 6.45) is 0. The lowest BCUT2D eigenvalue weighted by molar-refractivity contribution is -0.153. The van der Waals surface area contributed by atoms with Crippen LogP contribution >= 0.6 is 0 Å². The van der Waals surface area contributed by atoms with Crippen molar-refractivity contribution >= 4 is 11.8 Å². The van der Waals surface area contributed by atoms with Gasteiger partial charge in [-0.05, 0) is 23.3 Å². The van der Waals surface area contributed by atoms with Gasteiger partial charge in [-0.3, -0.25) is 19.4 Å². The van der Waals surface area contributed by atoms with E-state index in [1.165, 1.54) is 5.56 Å². The number of piperazine rings is 2. The number of carbonyl (C=O) groups is 2. The van der Waals surface area contributed by atoms with Crippen LogP contribution in [0, 0.1) is 0 Å². The third-order valence-corrected chi connectivity index (χ3v) is 6.59. The Bertz CT molecular complexity index is 983. The molecule has 0 aliphatic carbocycles. The number of hydrogen-bond donors (Lipinski definition) is 0. The van der Waals surface area contributed by atoms with Crippen LogP contribution in [0.15, 0.2) is 48.5 Å². The van der Waals surface area contributed by atoms with Crippen LogP contribution in [0.4, 0.5) is 0 Å². The van der Waals surface area contributed by atoms with E-state index >= 15 is 0 Å². The normalized spacial score (nSPS) is 19.0. The molecule has 174 valence electrons. The van der Waals surface area contributed by atoms with E-state index in [1.54, 1.807) is 9.80 Å². The van der Waals surface area contributed by atoms with E-state index in [1.807, 2.05) is 36.4 Å². The van der Waals surface area contributed by atoms with Crippen molar-refractivity contribution in [2.24, 2.45) is 0 Å². The van der Waals surface area contributed by atoms with Gasteiger partial charge in [0, 0.05) is 65.4 Å². The van der Waals surface area contributed by atoms with E-state index in [-0.39, 0.29) is 18.6 Å². The lowest BCUT2D eigenvalue weighted by atomic mass is 10.1. The number of benzene rings is 2. The van der Waals surface area contributed by atoms with Crippen molar-refractivity contribution in [3.8, 4) is 11.5 Å². The molecule has 5 rings (SSSR count). The van der Waals surface area contributed by atoms with Crippen molar-refractivity contribution in [3.63, 3.8) is 0 Å². The highest BCUT2D eigenvalue weighted by atomic mass is 16.7. The molecule has 2 aromatic rings. The van der Waals surface area contributed by atoms with E-state index in [0.717, 1.165) is 56.3 Å². The van der Waals surface area contributed by atoms with Crippen LogP contribution in [0.3, 0.4) is 0 Å². The molecule has 0 atom stereocenters. The van der Waals surface area contributed by atoms with Crippen LogP contribution in [0.2, 0.25) is 0 Å². The molecule has 0 aromatic heterocycles. The van der Waals surface area contributed by atoms with Crippen molar-refractivity contribution in [1.29, 1.82) is 0 Å². The van der Waals surface area contributed by atoms with Gasteiger partial charge in [0.25, 0.3) is 0 Å². The van der Waals surface area contributed by atoms with Crippen LogP contribution in [0.25, 0.3) is 0 Å². The van der Waals surface area contributed by atoms with Crippen molar-refractivity contribution in [2.75, 3.05) is 59.2 Å². The van der Waals surface area contributed by atoms with Gasteiger partial charge < -0.3 is 19.3 Å². The zero-order valence-electron chi connectivity index (χ0n) is 18.8. The monoisotopic (exact) mass is 450 g/mol. The minimum atomic E-state index is -0.366. The number of carbonyl (C=O) groups excluding carboxylic acids is 2. The van der Waals surface area contributed by atoms with Gasteiger partial charge in [-0.15, -0.1) is 0 Å². The van der Waals surface area contributed by atoms with Crippen LogP contribution in [0.5, 0.6) is 11.5 Å². The fourth-order valence-corrected chi connectivity index (χ4v) is 4.63. The summed E-state index contributed by atoms with van der Waals surface area (Å²) >= 11 is 0. The molecular formula is C25H30N4O4. The van der Waals surface area contributed by atoms with Crippen LogP contribution in [0.1, 0.15) is 11.1 Å². The van der Waals surface area contributed by atoms with Gasteiger partial charge in [-0.2, -0.15) is 0 Å². The summed E-state index contributed by atoms with van der Waals surface area (Å²) in [7, 11) is 0. The van der Waals surface area contributed by atoms with Crippen LogP contribution in [-0.2, 0) is 22.7 Å². The average Bonchev–Trinajstić information content (AvgIpc) is 3.33. The Morgan fingerprint density at radius 1 is 0.636 bits per heavy atom. The molecule has 0 radical (unpaired) electrons. The summed E-state index contributed by atoms with van der Waals surface area (Å²) in [5, 5.41) is 0. The molecule has 2 saturated heterocycles. The molecule has 0 saturated carbocycles. The van der Waals surface area contributed by atoms with Gasteiger partial charge >= 0.3 is 11.8 Å². The number of hydrogen-bond acceptors (Lipinski definition) is 6. The maximum Gasteiger partial charge on any atom is 0.312 e. The molecule has 3 heterocycles. The minimum absolute atomic E-state index is 0.273. The van der Waals surface area contributed by atoms with Gasteiger partial charge in [0.15, 0.2) is 11.5 Å². The summed E-state index contributed by atoms with van der Waals surface area (Å²) in [5.74, 6) is 0.845. The third kappa shape index (κ3) is 5.12. The molecular weight excluding hydrogens is 420 g/mol. The molecule has 3 aliphatic rings. The first-order chi connectivity index (χ1) is 16.2. The summed E-state index contributed by atoms with van der Waals surface area (Å²) in [5.41, 5.74) is 2.43. The molecule has 0 N–H and O–H groups in total. The number of fused-ring (bicyclic) bond motifs is 1. The summed E-state index contributed by atoms with van der Waals surface area (Å²) in [4.78, 5) is 33.7. The SMILES string of the molecule is O=C(C(=O)N1CCN(Cc2ccc3c(c2)OCO3)CC1)N1CCN(Cc2ccccc2)CC1. The van der Waals surface area contributed by atoms with E-state index in [4.69, 9.17) is 9.47 Å². The molecule has 0 spiro atoms. The predicted molar refractivity (Wildman–Crippen MR) is 123 cm³/mol. The number of nitrogens with zero attached hydrogens (tertiary/aromatic N) is 4. The van der Waals surface area contributed by atoms with E-state index < -0.39 is 0 Å². The van der Waals surface area contributed by atoms with Crippen molar-refractivity contribution in [2.45, 2.75) is 13.1 Å². The quantitative estimate of drug-likeness (QED) is 0.657. The Labute approximate surface area is 194 Å². The first kappa shape index (κ1) is 21.7. The number of amides is 2. The Kier molecular flexibility index (Phi) is 6.46. The maximum atomic E-state index is 12.8. The molecule has 0 bridgehead atoms. The van der Waals surface area contributed by atoms with Crippen LogP contribution < -0.4 is 9.47 Å². The summed E-state index contributed by atoms with van der Waals surface area (Å²) in [6.45, 7) is 7.36. The van der Waals surface area contributed by atoms with Crippen molar-refractivity contribution < 1.29 is 19.1 Å². The van der Waals surface area contributed by atoms with Crippen LogP contribution in [-0.4, -0.2) is 90.6 Å². The Balaban J connectivity index is 1.07. The van der Waals surface area contributed by atoms with Gasteiger partial charge in [-0.1, -0.05) is 36.4 Å². The predicted octanol–water partition coefficient (Wildman–Crippen LogP) is 1.40. The van der Waals surface area contributed by atoms with Gasteiger partial charge in [-0.25, -0.2) is 0 Å². The molecule has 33 heavy (non-hydrogen) atoms. The highest BCUT2D eigenvalue weighted by Crippen LogP contribution is 2.32. The minimum Gasteiger partial charge on any atom is -0.454 e. The molecule has 2 fully saturated rings. The molecule has 8 nitrogen and oxygen atoms in total. The fourth-order valence-electron chi connectivity index (χ4n) is 4.63. The zero-order valence-corrected chi connectivity index (χ0v) is 18.8. The topological polar surface area (TPSA) is 65.6 Å². The first-order valence-electron chi connectivity index (χ1n) is 11.6. The smallest absolute Gasteiger partial charge is 0.312 e. The first-order valence-corrected chi connectivity index (χ1v) is 11.6. The van der Waals surface area contributed by atoms with E-state index in [0.29, 0.717) is 26.2 Å². The third-order valence-electron chi connectivity index (χ3n) is 6.59. The molecule has 0 unspecified atom stereocenters.